The van der Waals surface area contributed by atoms with Crippen molar-refractivity contribution in [2.75, 3.05) is 20.3 Å². The fraction of sp³-hybridized carbons (Fsp3) is 0.765. The molecule has 2 aliphatic carbocycles. The first-order valence-corrected chi connectivity index (χ1v) is 16.5. The van der Waals surface area contributed by atoms with Crippen molar-refractivity contribution in [3.63, 3.8) is 0 Å². The largest absolute Gasteiger partial charge is 0.383 e. The number of urea groups is 1. The van der Waals surface area contributed by atoms with Crippen molar-refractivity contribution in [2.24, 2.45) is 22.5 Å². The third kappa shape index (κ3) is 9.66. The number of hydrogen-bond acceptors (Lipinski definition) is 6. The molecule has 5 N–H and O–H groups in total. The molecular weight excluding hydrogens is 574 g/mol. The van der Waals surface area contributed by atoms with Crippen LogP contribution in [0.15, 0.2) is 16.9 Å². The molecule has 0 spiro atoms. The van der Waals surface area contributed by atoms with Crippen molar-refractivity contribution in [2.45, 2.75) is 130 Å². The van der Waals surface area contributed by atoms with E-state index in [1.807, 2.05) is 41.5 Å². The molecule has 11 heteroatoms. The number of carbonyl (C=O) groups excluding carboxylic acids is 5. The lowest BCUT2D eigenvalue weighted by atomic mass is 9.70. The van der Waals surface area contributed by atoms with Crippen LogP contribution in [0.1, 0.15) is 106 Å². The average molecular weight is 630 g/mol. The van der Waals surface area contributed by atoms with Gasteiger partial charge in [0, 0.05) is 13.5 Å². The van der Waals surface area contributed by atoms with Crippen LogP contribution in [0.4, 0.5) is 4.79 Å². The van der Waals surface area contributed by atoms with Crippen LogP contribution in [0.5, 0.6) is 0 Å². The fourth-order valence-electron chi connectivity index (χ4n) is 6.72. The molecule has 5 amide bonds. The van der Waals surface area contributed by atoms with Gasteiger partial charge in [0.15, 0.2) is 0 Å². The van der Waals surface area contributed by atoms with Crippen molar-refractivity contribution in [3.8, 4) is 0 Å². The van der Waals surface area contributed by atoms with E-state index < -0.39 is 47.2 Å². The number of primary amides is 1. The van der Waals surface area contributed by atoms with E-state index in [0.717, 1.165) is 62.5 Å². The number of nitrogens with two attached hydrogens (primary N) is 1. The van der Waals surface area contributed by atoms with Crippen molar-refractivity contribution in [1.29, 1.82) is 0 Å². The summed E-state index contributed by atoms with van der Waals surface area (Å²) in [6.07, 6.45) is 7.89. The number of methoxy groups -OCH3 is 1. The SMILES string of the molecule is COC[C@@H](NC(=O)N[C@H](C(=O)N1CC(=C=C(C)C)C[C@H]1C(=O)NC(CC1CCC1)C(=O)C(N)=O)C1(C)CCCCC1)C(C)(C)C. The van der Waals surface area contributed by atoms with Crippen molar-refractivity contribution in [1.82, 2.24) is 20.9 Å². The number of Topliss-reactive ketones (excluding diaryl/α,β-unsaturated/α-hetero) is 1. The average Bonchev–Trinajstić information content (AvgIpc) is 3.35. The van der Waals surface area contributed by atoms with E-state index in [9.17, 15) is 24.0 Å². The first kappa shape index (κ1) is 36.3. The summed E-state index contributed by atoms with van der Waals surface area (Å²) in [6, 6.07) is -3.63. The molecule has 1 saturated heterocycles. The summed E-state index contributed by atoms with van der Waals surface area (Å²) in [5, 5.41) is 8.81. The second-order valence-corrected chi connectivity index (χ2v) is 14.9. The Kier molecular flexibility index (Phi) is 12.4. The van der Waals surface area contributed by atoms with E-state index in [4.69, 9.17) is 10.5 Å². The molecule has 0 aromatic heterocycles. The zero-order chi connectivity index (χ0) is 33.5. The smallest absolute Gasteiger partial charge is 0.315 e. The molecule has 1 heterocycles. The number of nitrogens with one attached hydrogen (secondary N) is 3. The lowest BCUT2D eigenvalue weighted by molar-refractivity contribution is -0.144. The van der Waals surface area contributed by atoms with E-state index in [2.05, 4.69) is 21.7 Å². The molecule has 0 bridgehead atoms. The van der Waals surface area contributed by atoms with Gasteiger partial charge >= 0.3 is 6.03 Å². The van der Waals surface area contributed by atoms with Crippen LogP contribution in [-0.2, 0) is 23.9 Å². The molecule has 1 aliphatic heterocycles. The molecular formula is C34H55N5O6. The molecule has 45 heavy (non-hydrogen) atoms. The Labute approximate surface area is 268 Å². The Bertz CT molecular complexity index is 1190. The normalized spacial score (nSPS) is 21.9. The lowest BCUT2D eigenvalue weighted by Gasteiger charge is -2.42. The van der Waals surface area contributed by atoms with Crippen LogP contribution in [0, 0.1) is 16.7 Å². The van der Waals surface area contributed by atoms with Crippen LogP contribution in [-0.4, -0.2) is 78.9 Å². The van der Waals surface area contributed by atoms with Gasteiger partial charge in [0.1, 0.15) is 12.1 Å². The predicted molar refractivity (Wildman–Crippen MR) is 172 cm³/mol. The van der Waals surface area contributed by atoms with Gasteiger partial charge in [0.2, 0.25) is 17.6 Å². The van der Waals surface area contributed by atoms with Crippen LogP contribution < -0.4 is 21.7 Å². The Balaban J connectivity index is 1.93. The number of amides is 5. The highest BCUT2D eigenvalue weighted by Crippen LogP contribution is 2.40. The minimum absolute atomic E-state index is 0.170. The Morgan fingerprint density at radius 2 is 1.67 bits per heavy atom. The van der Waals surface area contributed by atoms with Gasteiger partial charge < -0.3 is 31.3 Å². The van der Waals surface area contributed by atoms with Crippen molar-refractivity contribution in [3.05, 3.63) is 16.9 Å². The zero-order valence-electron chi connectivity index (χ0n) is 28.3. The number of carbonyl (C=O) groups is 5. The van der Waals surface area contributed by atoms with Gasteiger partial charge in [-0.1, -0.05) is 66.2 Å². The van der Waals surface area contributed by atoms with Crippen molar-refractivity contribution < 1.29 is 28.7 Å². The molecule has 4 atom stereocenters. The third-order valence-electron chi connectivity index (χ3n) is 9.76. The van der Waals surface area contributed by atoms with E-state index >= 15 is 0 Å². The summed E-state index contributed by atoms with van der Waals surface area (Å²) in [6.45, 7) is 12.3. The summed E-state index contributed by atoms with van der Waals surface area (Å²) < 4.78 is 5.36. The maximum atomic E-state index is 14.6. The van der Waals surface area contributed by atoms with Crippen LogP contribution in [0.3, 0.4) is 0 Å². The third-order valence-corrected chi connectivity index (χ3v) is 9.76. The van der Waals surface area contributed by atoms with Gasteiger partial charge in [-0.05, 0) is 61.0 Å². The topological polar surface area (TPSA) is 160 Å². The summed E-state index contributed by atoms with van der Waals surface area (Å²) in [4.78, 5) is 68.1. The first-order valence-electron chi connectivity index (χ1n) is 16.5. The second-order valence-electron chi connectivity index (χ2n) is 14.9. The first-order chi connectivity index (χ1) is 21.1. The molecule has 3 fully saturated rings. The van der Waals surface area contributed by atoms with E-state index in [1.165, 1.54) is 4.90 Å². The monoisotopic (exact) mass is 629 g/mol. The quantitative estimate of drug-likeness (QED) is 0.191. The highest BCUT2D eigenvalue weighted by atomic mass is 16.5. The Morgan fingerprint density at radius 3 is 2.18 bits per heavy atom. The van der Waals surface area contributed by atoms with E-state index in [-0.39, 0.29) is 36.2 Å². The van der Waals surface area contributed by atoms with Gasteiger partial charge in [0.25, 0.3) is 5.91 Å². The van der Waals surface area contributed by atoms with Gasteiger partial charge in [-0.25, -0.2) is 4.79 Å². The number of ketones is 1. The molecule has 2 saturated carbocycles. The number of rotatable bonds is 12. The fourth-order valence-corrected chi connectivity index (χ4v) is 6.72. The van der Waals surface area contributed by atoms with Crippen molar-refractivity contribution >= 4 is 29.5 Å². The minimum atomic E-state index is -1.09. The van der Waals surface area contributed by atoms with Gasteiger partial charge in [0.05, 0.1) is 25.2 Å². The summed E-state index contributed by atoms with van der Waals surface area (Å²) in [7, 11) is 1.58. The van der Waals surface area contributed by atoms with Crippen LogP contribution in [0.2, 0.25) is 0 Å². The van der Waals surface area contributed by atoms with E-state index in [1.54, 1.807) is 7.11 Å². The maximum Gasteiger partial charge on any atom is 0.315 e. The Hall–Kier alpha value is -3.17. The molecule has 1 unspecified atom stereocenters. The highest BCUT2D eigenvalue weighted by Gasteiger charge is 2.47. The highest BCUT2D eigenvalue weighted by molar-refractivity contribution is 6.37. The summed E-state index contributed by atoms with van der Waals surface area (Å²) >= 11 is 0. The minimum Gasteiger partial charge on any atom is -0.383 e. The van der Waals surface area contributed by atoms with Crippen LogP contribution >= 0.6 is 0 Å². The van der Waals surface area contributed by atoms with Crippen LogP contribution in [0.25, 0.3) is 0 Å². The lowest BCUT2D eigenvalue weighted by Crippen LogP contribution is -2.62. The number of likely N-dealkylation sites (tertiary alicyclic amines) is 1. The molecule has 3 aliphatic rings. The molecule has 3 rings (SSSR count). The molecule has 0 aromatic carbocycles. The molecule has 11 nitrogen and oxygen atoms in total. The number of ether oxygens (including phenoxy) is 1. The number of nitrogens with zero attached hydrogens (tertiary/aromatic N) is 1. The van der Waals surface area contributed by atoms with Gasteiger partial charge in [-0.15, -0.1) is 5.73 Å². The molecule has 0 radical (unpaired) electrons. The predicted octanol–water partition coefficient (Wildman–Crippen LogP) is 3.51. The molecule has 0 aromatic rings. The Morgan fingerprint density at radius 1 is 1.02 bits per heavy atom. The second kappa shape index (κ2) is 15.4. The van der Waals surface area contributed by atoms with Gasteiger partial charge in [-0.2, -0.15) is 0 Å². The van der Waals surface area contributed by atoms with E-state index in [0.29, 0.717) is 13.0 Å². The standard InChI is InChI=1S/C34H55N5O6/c1-21(2)16-23-18-25(30(42)36-24(27(40)29(35)41)17-22-12-11-13-22)39(19-23)31(43)28(34(6)14-9-8-10-15-34)38-32(44)37-26(20-45-7)33(3,4)5/h22,24-26,28H,8-15,17-20H2,1-7H3,(H2,35,41)(H,36,42)(H2,37,38,44)/t24?,25-,26+,28+/m0/s1. The summed E-state index contributed by atoms with van der Waals surface area (Å²) in [5.41, 5.74) is 9.50. The zero-order valence-corrected chi connectivity index (χ0v) is 28.3. The van der Waals surface area contributed by atoms with Gasteiger partial charge in [-0.3, -0.25) is 19.2 Å². The summed E-state index contributed by atoms with van der Waals surface area (Å²) in [5.74, 6) is -2.56. The maximum absolute atomic E-state index is 14.6. The molecule has 252 valence electrons. The number of hydrogen-bond donors (Lipinski definition) is 4.